The Kier molecular flexibility index (Phi) is 2.64. The van der Waals surface area contributed by atoms with Crippen LogP contribution in [0.25, 0.3) is 5.65 Å². The fraction of sp³-hybridized carbons (Fsp3) is 0.545. The van der Waals surface area contributed by atoms with Gasteiger partial charge in [-0.3, -0.25) is 4.40 Å². The average molecular weight is 249 g/mol. The van der Waals surface area contributed by atoms with E-state index in [4.69, 9.17) is 9.47 Å². The molecule has 0 amide bonds. The molecule has 0 aliphatic carbocycles. The minimum atomic E-state index is -0.499. The van der Waals surface area contributed by atoms with E-state index < -0.39 is 5.79 Å². The first-order valence-electron chi connectivity index (χ1n) is 5.84. The van der Waals surface area contributed by atoms with Crippen molar-refractivity contribution in [3.63, 3.8) is 0 Å². The lowest BCUT2D eigenvalue weighted by atomic mass is 10.3. The zero-order valence-electron chi connectivity index (χ0n) is 10.3. The van der Waals surface area contributed by atoms with Gasteiger partial charge in [0.05, 0.1) is 6.61 Å². The molecule has 1 aliphatic rings. The molecule has 7 heteroatoms. The second kappa shape index (κ2) is 4.18. The minimum absolute atomic E-state index is 0.0185. The highest BCUT2D eigenvalue weighted by atomic mass is 16.7. The molecule has 18 heavy (non-hydrogen) atoms. The highest BCUT2D eigenvalue weighted by Gasteiger charge is 2.32. The van der Waals surface area contributed by atoms with E-state index in [1.807, 2.05) is 18.2 Å². The van der Waals surface area contributed by atoms with Gasteiger partial charge >= 0.3 is 0 Å². The van der Waals surface area contributed by atoms with Crippen LogP contribution in [-0.2, 0) is 9.47 Å². The Labute approximate surface area is 104 Å². The maximum atomic E-state index is 5.71. The molecule has 7 nitrogen and oxygen atoms in total. The first-order valence-corrected chi connectivity index (χ1v) is 5.84. The van der Waals surface area contributed by atoms with Crippen LogP contribution in [0.5, 0.6) is 0 Å². The van der Waals surface area contributed by atoms with Crippen molar-refractivity contribution in [1.82, 2.24) is 19.6 Å². The van der Waals surface area contributed by atoms with Crippen LogP contribution in [-0.4, -0.2) is 44.6 Å². The van der Waals surface area contributed by atoms with Gasteiger partial charge in [-0.05, 0) is 13.8 Å². The summed E-state index contributed by atoms with van der Waals surface area (Å²) in [7, 11) is 0. The van der Waals surface area contributed by atoms with E-state index in [1.54, 1.807) is 18.7 Å². The molecule has 3 heterocycles. The second-order valence-corrected chi connectivity index (χ2v) is 4.67. The molecule has 0 bridgehead atoms. The zero-order valence-corrected chi connectivity index (χ0v) is 10.3. The summed E-state index contributed by atoms with van der Waals surface area (Å²) in [5.74, 6) is 0.198. The molecule has 1 atom stereocenters. The predicted octanol–water partition coefficient (Wildman–Crippen LogP) is 0.688. The highest BCUT2D eigenvalue weighted by Crippen LogP contribution is 2.22. The van der Waals surface area contributed by atoms with E-state index in [1.165, 1.54) is 0 Å². The quantitative estimate of drug-likeness (QED) is 0.862. The van der Waals surface area contributed by atoms with Gasteiger partial charge in [-0.2, -0.15) is 0 Å². The SMILES string of the molecule is CC1(C)OCC(CNc2nccn3cnnc23)O1. The highest BCUT2D eigenvalue weighted by molar-refractivity contribution is 5.61. The van der Waals surface area contributed by atoms with Crippen molar-refractivity contribution < 1.29 is 9.47 Å². The Morgan fingerprint density at radius 1 is 1.56 bits per heavy atom. The molecular formula is C11H15N5O2. The summed E-state index contributed by atoms with van der Waals surface area (Å²) < 4.78 is 13.0. The Hall–Kier alpha value is -1.73. The number of rotatable bonds is 3. The summed E-state index contributed by atoms with van der Waals surface area (Å²) in [6.07, 6.45) is 5.17. The van der Waals surface area contributed by atoms with Gasteiger partial charge < -0.3 is 14.8 Å². The number of ether oxygens (including phenoxy) is 2. The summed E-state index contributed by atoms with van der Waals surface area (Å²) >= 11 is 0. The third kappa shape index (κ3) is 2.14. The summed E-state index contributed by atoms with van der Waals surface area (Å²) in [6, 6.07) is 0. The van der Waals surface area contributed by atoms with E-state index in [-0.39, 0.29) is 6.10 Å². The van der Waals surface area contributed by atoms with Crippen LogP contribution in [0.1, 0.15) is 13.8 Å². The van der Waals surface area contributed by atoms with Gasteiger partial charge in [-0.25, -0.2) is 4.98 Å². The van der Waals surface area contributed by atoms with Crippen LogP contribution >= 0.6 is 0 Å². The van der Waals surface area contributed by atoms with Gasteiger partial charge in [0, 0.05) is 18.9 Å². The maximum Gasteiger partial charge on any atom is 0.203 e. The van der Waals surface area contributed by atoms with Crippen molar-refractivity contribution >= 4 is 11.5 Å². The minimum Gasteiger partial charge on any atom is -0.364 e. The van der Waals surface area contributed by atoms with Gasteiger partial charge in [0.2, 0.25) is 5.65 Å². The van der Waals surface area contributed by atoms with E-state index in [0.717, 1.165) is 0 Å². The molecule has 0 aromatic carbocycles. The number of nitrogens with one attached hydrogen (secondary N) is 1. The lowest BCUT2D eigenvalue weighted by Crippen LogP contribution is -2.26. The Balaban J connectivity index is 1.69. The summed E-state index contributed by atoms with van der Waals surface area (Å²) in [6.45, 7) is 5.02. The van der Waals surface area contributed by atoms with E-state index >= 15 is 0 Å². The number of hydrogen-bond donors (Lipinski definition) is 1. The molecule has 0 radical (unpaired) electrons. The fourth-order valence-corrected chi connectivity index (χ4v) is 1.96. The molecule has 2 aromatic heterocycles. The molecule has 96 valence electrons. The van der Waals surface area contributed by atoms with Crippen molar-refractivity contribution in [1.29, 1.82) is 0 Å². The molecule has 1 N–H and O–H groups in total. The monoisotopic (exact) mass is 249 g/mol. The average Bonchev–Trinajstić information content (AvgIpc) is 2.92. The van der Waals surface area contributed by atoms with Crippen LogP contribution in [0.2, 0.25) is 0 Å². The summed E-state index contributed by atoms with van der Waals surface area (Å²) in [5.41, 5.74) is 0.704. The largest absolute Gasteiger partial charge is 0.364 e. The Bertz CT molecular complexity index is 553. The molecule has 0 saturated carbocycles. The van der Waals surface area contributed by atoms with Crippen molar-refractivity contribution in [2.24, 2.45) is 0 Å². The molecule has 1 saturated heterocycles. The smallest absolute Gasteiger partial charge is 0.203 e. The Morgan fingerprint density at radius 3 is 3.22 bits per heavy atom. The lowest BCUT2D eigenvalue weighted by Gasteiger charge is -2.17. The van der Waals surface area contributed by atoms with E-state index in [2.05, 4.69) is 20.5 Å². The predicted molar refractivity (Wildman–Crippen MR) is 64.2 cm³/mol. The normalized spacial score (nSPS) is 22.4. The lowest BCUT2D eigenvalue weighted by molar-refractivity contribution is -0.136. The van der Waals surface area contributed by atoms with Crippen LogP contribution in [0.4, 0.5) is 5.82 Å². The molecule has 1 aliphatic heterocycles. The first-order chi connectivity index (χ1) is 8.64. The third-order valence-corrected chi connectivity index (χ3v) is 2.78. The number of nitrogens with zero attached hydrogens (tertiary/aromatic N) is 4. The summed E-state index contributed by atoms with van der Waals surface area (Å²) in [5, 5.41) is 11.1. The van der Waals surface area contributed by atoms with Gasteiger partial charge in [0.15, 0.2) is 11.6 Å². The molecule has 1 unspecified atom stereocenters. The second-order valence-electron chi connectivity index (χ2n) is 4.67. The fourth-order valence-electron chi connectivity index (χ4n) is 1.96. The van der Waals surface area contributed by atoms with Crippen molar-refractivity contribution in [3.05, 3.63) is 18.7 Å². The van der Waals surface area contributed by atoms with Crippen LogP contribution < -0.4 is 5.32 Å². The van der Waals surface area contributed by atoms with Crippen molar-refractivity contribution in [2.45, 2.75) is 25.7 Å². The van der Waals surface area contributed by atoms with Crippen LogP contribution in [0.15, 0.2) is 18.7 Å². The Morgan fingerprint density at radius 2 is 2.44 bits per heavy atom. The van der Waals surface area contributed by atoms with Gasteiger partial charge in [-0.15, -0.1) is 10.2 Å². The number of hydrogen-bond acceptors (Lipinski definition) is 6. The standard InChI is InChI=1S/C11H15N5O2/c1-11(2)17-6-8(18-11)5-13-9-10-15-14-7-16(10)4-3-12-9/h3-4,7-8H,5-6H2,1-2H3,(H,12,13). The molecule has 3 rings (SSSR count). The molecule has 1 fully saturated rings. The van der Waals surface area contributed by atoms with Gasteiger partial charge in [0.25, 0.3) is 0 Å². The van der Waals surface area contributed by atoms with E-state index in [0.29, 0.717) is 24.6 Å². The first kappa shape index (κ1) is 11.4. The van der Waals surface area contributed by atoms with Crippen molar-refractivity contribution in [2.75, 3.05) is 18.5 Å². The molecular weight excluding hydrogens is 234 g/mol. The number of anilines is 1. The molecule has 0 spiro atoms. The van der Waals surface area contributed by atoms with Crippen LogP contribution in [0.3, 0.4) is 0 Å². The van der Waals surface area contributed by atoms with Crippen molar-refractivity contribution in [3.8, 4) is 0 Å². The van der Waals surface area contributed by atoms with Gasteiger partial charge in [0.1, 0.15) is 12.4 Å². The number of fused-ring (bicyclic) bond motifs is 1. The summed E-state index contributed by atoms with van der Waals surface area (Å²) in [4.78, 5) is 4.25. The molecule has 2 aromatic rings. The van der Waals surface area contributed by atoms with Gasteiger partial charge in [-0.1, -0.05) is 0 Å². The zero-order chi connectivity index (χ0) is 12.6. The topological polar surface area (TPSA) is 73.6 Å². The number of aromatic nitrogens is 4. The third-order valence-electron chi connectivity index (χ3n) is 2.78. The van der Waals surface area contributed by atoms with E-state index in [9.17, 15) is 0 Å². The van der Waals surface area contributed by atoms with Crippen LogP contribution in [0, 0.1) is 0 Å². The maximum absolute atomic E-state index is 5.71.